The molecular weight excluding hydrogens is 200 g/mol. The highest BCUT2D eigenvalue weighted by Gasteiger charge is 2.29. The summed E-state index contributed by atoms with van der Waals surface area (Å²) in [6.45, 7) is 1.53. The van der Waals surface area contributed by atoms with Crippen molar-refractivity contribution >= 4 is 17.5 Å². The van der Waals surface area contributed by atoms with Crippen LogP contribution in [0.1, 0.15) is 32.6 Å². The Bertz CT molecular complexity index is 249. The molecule has 0 spiro atoms. The van der Waals surface area contributed by atoms with Gasteiger partial charge in [0.1, 0.15) is 5.38 Å². The summed E-state index contributed by atoms with van der Waals surface area (Å²) in [7, 11) is 0. The monoisotopic (exact) mass is 214 g/mol. The number of halogens is 1. The molecule has 0 aliphatic heterocycles. The number of carbonyl (C=O) groups is 1. The van der Waals surface area contributed by atoms with Gasteiger partial charge in [-0.25, -0.2) is 0 Å². The number of amides is 1. The molecule has 1 amide bonds. The van der Waals surface area contributed by atoms with Crippen LogP contribution in [-0.2, 0) is 4.79 Å². The van der Waals surface area contributed by atoms with Gasteiger partial charge < -0.3 is 5.32 Å². The van der Waals surface area contributed by atoms with Crippen molar-refractivity contribution in [3.8, 4) is 6.07 Å². The third-order valence-electron chi connectivity index (χ3n) is 2.70. The van der Waals surface area contributed by atoms with Crippen LogP contribution in [0.2, 0.25) is 0 Å². The van der Waals surface area contributed by atoms with E-state index in [0.29, 0.717) is 12.3 Å². The summed E-state index contributed by atoms with van der Waals surface area (Å²) < 4.78 is 0. The lowest BCUT2D eigenvalue weighted by molar-refractivity contribution is -0.119. The molecular formula is C10H15ClN2O. The van der Waals surface area contributed by atoms with Crippen molar-refractivity contribution in [1.29, 1.82) is 5.26 Å². The molecule has 0 aromatic rings. The molecule has 3 unspecified atom stereocenters. The summed E-state index contributed by atoms with van der Waals surface area (Å²) in [4.78, 5) is 10.9. The summed E-state index contributed by atoms with van der Waals surface area (Å²) >= 11 is 5.77. The molecule has 1 aliphatic rings. The fourth-order valence-corrected chi connectivity index (χ4v) is 2.32. The zero-order valence-electron chi connectivity index (χ0n) is 8.29. The predicted molar refractivity (Wildman–Crippen MR) is 54.8 cm³/mol. The van der Waals surface area contributed by atoms with Gasteiger partial charge in [0.2, 0.25) is 5.91 Å². The van der Waals surface area contributed by atoms with Gasteiger partial charge in [0.15, 0.2) is 0 Å². The zero-order valence-corrected chi connectivity index (χ0v) is 9.05. The lowest BCUT2D eigenvalue weighted by Crippen LogP contribution is -2.36. The molecule has 0 bridgehead atoms. The minimum absolute atomic E-state index is 0.00461. The van der Waals surface area contributed by atoms with Crippen molar-refractivity contribution in [3.05, 3.63) is 0 Å². The van der Waals surface area contributed by atoms with E-state index in [-0.39, 0.29) is 11.9 Å². The fraction of sp³-hybridized carbons (Fsp3) is 0.800. The van der Waals surface area contributed by atoms with E-state index >= 15 is 0 Å². The van der Waals surface area contributed by atoms with E-state index < -0.39 is 5.38 Å². The summed E-state index contributed by atoms with van der Waals surface area (Å²) in [5.74, 6) is 0.381. The molecule has 0 radical (unpaired) electrons. The van der Waals surface area contributed by atoms with Gasteiger partial charge in [0.05, 0.1) is 6.07 Å². The molecule has 78 valence electrons. The Morgan fingerprint density at radius 3 is 3.00 bits per heavy atom. The lowest BCUT2D eigenvalue weighted by atomic mass is 9.98. The van der Waals surface area contributed by atoms with Crippen LogP contribution in [0, 0.1) is 17.2 Å². The van der Waals surface area contributed by atoms with E-state index in [2.05, 4.69) is 5.32 Å². The number of hydrogen-bond donors (Lipinski definition) is 1. The fourth-order valence-electron chi connectivity index (χ4n) is 2.09. The molecule has 1 aliphatic carbocycles. The van der Waals surface area contributed by atoms with Crippen molar-refractivity contribution in [2.24, 2.45) is 5.92 Å². The number of alkyl halides is 1. The number of rotatable bonds is 3. The van der Waals surface area contributed by atoms with Crippen molar-refractivity contribution in [2.45, 2.75) is 44.0 Å². The van der Waals surface area contributed by atoms with Crippen LogP contribution in [-0.4, -0.2) is 17.3 Å². The number of carbonyl (C=O) groups excluding carboxylic acids is 1. The van der Waals surface area contributed by atoms with Gasteiger partial charge in [-0.2, -0.15) is 5.26 Å². The quantitative estimate of drug-likeness (QED) is 0.729. The van der Waals surface area contributed by atoms with Crippen LogP contribution in [0.5, 0.6) is 0 Å². The molecule has 1 fully saturated rings. The molecule has 0 saturated heterocycles. The highest BCUT2D eigenvalue weighted by Crippen LogP contribution is 2.30. The first kappa shape index (κ1) is 11.3. The van der Waals surface area contributed by atoms with E-state index in [4.69, 9.17) is 16.9 Å². The van der Waals surface area contributed by atoms with Crippen molar-refractivity contribution in [3.63, 3.8) is 0 Å². The molecule has 4 heteroatoms. The van der Waals surface area contributed by atoms with Gasteiger partial charge in [-0.1, -0.05) is 6.42 Å². The Hall–Kier alpha value is -0.750. The van der Waals surface area contributed by atoms with Crippen LogP contribution in [0.4, 0.5) is 0 Å². The molecule has 0 aromatic heterocycles. The van der Waals surface area contributed by atoms with E-state index in [9.17, 15) is 4.79 Å². The van der Waals surface area contributed by atoms with Crippen LogP contribution >= 0.6 is 11.6 Å². The van der Waals surface area contributed by atoms with Crippen molar-refractivity contribution < 1.29 is 4.79 Å². The van der Waals surface area contributed by atoms with E-state index in [1.165, 1.54) is 6.92 Å². The number of hydrogen-bond acceptors (Lipinski definition) is 2. The average molecular weight is 215 g/mol. The van der Waals surface area contributed by atoms with Crippen LogP contribution < -0.4 is 5.32 Å². The van der Waals surface area contributed by atoms with Gasteiger partial charge >= 0.3 is 0 Å². The normalized spacial score (nSPS) is 28.1. The first-order valence-electron chi connectivity index (χ1n) is 4.94. The number of nitrogens with one attached hydrogen (secondary N) is 1. The summed E-state index contributed by atoms with van der Waals surface area (Å²) in [5, 5.41) is 11.1. The molecule has 14 heavy (non-hydrogen) atoms. The van der Waals surface area contributed by atoms with Gasteiger partial charge in [0, 0.05) is 13.0 Å². The van der Waals surface area contributed by atoms with Gasteiger partial charge in [-0.3, -0.25) is 4.79 Å². The SMILES string of the molecule is CC(=O)NC1CCCC1CC(Cl)C#N. The van der Waals surface area contributed by atoms with Crippen LogP contribution in [0.15, 0.2) is 0 Å². The third kappa shape index (κ3) is 3.19. The minimum atomic E-state index is -0.422. The molecule has 3 nitrogen and oxygen atoms in total. The molecule has 3 atom stereocenters. The second-order valence-electron chi connectivity index (χ2n) is 3.83. The molecule has 0 aromatic carbocycles. The molecule has 1 saturated carbocycles. The highest BCUT2D eigenvalue weighted by molar-refractivity contribution is 6.22. The Labute approximate surface area is 89.4 Å². The van der Waals surface area contributed by atoms with E-state index in [1.54, 1.807) is 0 Å². The maximum atomic E-state index is 10.9. The predicted octanol–water partition coefficient (Wildman–Crippen LogP) is 1.81. The molecule has 1 rings (SSSR count). The van der Waals surface area contributed by atoms with Crippen LogP contribution in [0.25, 0.3) is 0 Å². The van der Waals surface area contributed by atoms with Crippen molar-refractivity contribution in [1.82, 2.24) is 5.32 Å². The summed E-state index contributed by atoms with van der Waals surface area (Å²) in [6, 6.07) is 2.24. The van der Waals surface area contributed by atoms with E-state index in [1.807, 2.05) is 6.07 Å². The van der Waals surface area contributed by atoms with Gasteiger partial charge in [-0.15, -0.1) is 11.6 Å². The third-order valence-corrected chi connectivity index (χ3v) is 2.97. The number of nitrogens with zero attached hydrogens (tertiary/aromatic N) is 1. The standard InChI is InChI=1S/C10H15ClN2O/c1-7(14)13-10-4-2-3-8(10)5-9(11)6-12/h8-10H,2-5H2,1H3,(H,13,14). The highest BCUT2D eigenvalue weighted by atomic mass is 35.5. The van der Waals surface area contributed by atoms with Gasteiger partial charge in [0.25, 0.3) is 0 Å². The Morgan fingerprint density at radius 2 is 2.43 bits per heavy atom. The Balaban J connectivity index is 2.43. The number of nitriles is 1. The van der Waals surface area contributed by atoms with E-state index in [0.717, 1.165) is 19.3 Å². The second-order valence-corrected chi connectivity index (χ2v) is 4.36. The first-order valence-corrected chi connectivity index (χ1v) is 5.38. The summed E-state index contributed by atoms with van der Waals surface area (Å²) in [5.41, 5.74) is 0. The van der Waals surface area contributed by atoms with Crippen LogP contribution in [0.3, 0.4) is 0 Å². The smallest absolute Gasteiger partial charge is 0.217 e. The maximum Gasteiger partial charge on any atom is 0.217 e. The zero-order chi connectivity index (χ0) is 10.6. The topological polar surface area (TPSA) is 52.9 Å². The molecule has 1 N–H and O–H groups in total. The van der Waals surface area contributed by atoms with Gasteiger partial charge in [-0.05, 0) is 25.2 Å². The Morgan fingerprint density at radius 1 is 1.71 bits per heavy atom. The lowest BCUT2D eigenvalue weighted by Gasteiger charge is -2.20. The Kier molecular flexibility index (Phi) is 4.21. The maximum absolute atomic E-state index is 10.9. The average Bonchev–Trinajstić information content (AvgIpc) is 2.52. The minimum Gasteiger partial charge on any atom is -0.353 e. The largest absolute Gasteiger partial charge is 0.353 e. The van der Waals surface area contributed by atoms with Crippen molar-refractivity contribution in [2.75, 3.05) is 0 Å². The second kappa shape index (κ2) is 5.21. The summed E-state index contributed by atoms with van der Waals surface area (Å²) in [6.07, 6.45) is 3.88. The molecule has 0 heterocycles. The first-order chi connectivity index (χ1) is 6.63.